The highest BCUT2D eigenvalue weighted by atomic mass is 32.2. The fraction of sp³-hybridized carbons (Fsp3) is 0.769. The Bertz CT molecular complexity index is 409. The normalized spacial score (nSPS) is 12.7. The second-order valence-corrected chi connectivity index (χ2v) is 5.98. The van der Waals surface area contributed by atoms with Crippen molar-refractivity contribution in [1.82, 2.24) is 20.1 Å². The average Bonchev–Trinajstić information content (AvgIpc) is 2.84. The Labute approximate surface area is 124 Å². The van der Waals surface area contributed by atoms with Crippen LogP contribution in [0.1, 0.15) is 27.2 Å². The number of aromatic nitrogens is 3. The van der Waals surface area contributed by atoms with Crippen molar-refractivity contribution >= 4 is 17.7 Å². The van der Waals surface area contributed by atoms with Gasteiger partial charge in [-0.1, -0.05) is 25.6 Å². The minimum atomic E-state index is 0.0302. The number of nitrogens with one attached hydrogen (secondary N) is 1. The van der Waals surface area contributed by atoms with E-state index in [1.54, 1.807) is 13.4 Å². The fourth-order valence-corrected chi connectivity index (χ4v) is 2.23. The van der Waals surface area contributed by atoms with Gasteiger partial charge in [-0.05, 0) is 19.3 Å². The van der Waals surface area contributed by atoms with Crippen LogP contribution in [0.15, 0.2) is 11.5 Å². The van der Waals surface area contributed by atoms with Crippen molar-refractivity contribution < 1.29 is 9.53 Å². The molecule has 1 heterocycles. The number of carbonyl (C=O) groups is 1. The Balaban J connectivity index is 2.38. The second-order valence-electron chi connectivity index (χ2n) is 5.04. The van der Waals surface area contributed by atoms with Gasteiger partial charge in [-0.2, -0.15) is 0 Å². The first-order chi connectivity index (χ1) is 9.54. The molecule has 1 N–H and O–H groups in total. The quantitative estimate of drug-likeness (QED) is 0.554. The van der Waals surface area contributed by atoms with Crippen molar-refractivity contribution in [3.8, 4) is 0 Å². The van der Waals surface area contributed by atoms with Gasteiger partial charge < -0.3 is 14.6 Å². The third kappa shape index (κ3) is 5.92. The van der Waals surface area contributed by atoms with Crippen molar-refractivity contribution in [2.24, 2.45) is 5.92 Å². The van der Waals surface area contributed by atoms with Crippen molar-refractivity contribution in [2.45, 2.75) is 44.9 Å². The molecule has 0 saturated carbocycles. The van der Waals surface area contributed by atoms with Crippen LogP contribution in [0, 0.1) is 5.92 Å². The number of rotatable bonds is 9. The number of hydrogen-bond acceptors (Lipinski definition) is 5. The maximum Gasteiger partial charge on any atom is 0.230 e. The minimum absolute atomic E-state index is 0.0302. The Hall–Kier alpha value is -1.08. The van der Waals surface area contributed by atoms with E-state index in [-0.39, 0.29) is 11.9 Å². The number of amides is 1. The van der Waals surface area contributed by atoms with Crippen LogP contribution in [-0.2, 0) is 16.1 Å². The maximum absolute atomic E-state index is 11.8. The summed E-state index contributed by atoms with van der Waals surface area (Å²) in [7, 11) is 1.68. The van der Waals surface area contributed by atoms with Crippen molar-refractivity contribution in [3.05, 3.63) is 6.33 Å². The molecular weight excluding hydrogens is 276 g/mol. The lowest BCUT2D eigenvalue weighted by molar-refractivity contribution is -0.119. The van der Waals surface area contributed by atoms with E-state index in [1.165, 1.54) is 11.8 Å². The van der Waals surface area contributed by atoms with Crippen LogP contribution in [0.2, 0.25) is 0 Å². The first-order valence-corrected chi connectivity index (χ1v) is 7.82. The topological polar surface area (TPSA) is 69.0 Å². The number of nitrogens with zero attached hydrogens (tertiary/aromatic N) is 3. The van der Waals surface area contributed by atoms with Gasteiger partial charge in [0.1, 0.15) is 6.33 Å². The lowest BCUT2D eigenvalue weighted by Gasteiger charge is -2.17. The second kappa shape index (κ2) is 8.97. The van der Waals surface area contributed by atoms with Crippen LogP contribution in [0.25, 0.3) is 0 Å². The molecule has 0 fully saturated rings. The van der Waals surface area contributed by atoms with Crippen LogP contribution in [-0.4, -0.2) is 46.2 Å². The molecule has 20 heavy (non-hydrogen) atoms. The number of thioether (sulfide) groups is 1. The summed E-state index contributed by atoms with van der Waals surface area (Å²) in [5.74, 6) is 0.823. The summed E-state index contributed by atoms with van der Waals surface area (Å²) >= 11 is 1.41. The van der Waals surface area contributed by atoms with Crippen LogP contribution < -0.4 is 5.32 Å². The molecule has 0 saturated heterocycles. The Morgan fingerprint density at radius 1 is 1.50 bits per heavy atom. The molecular formula is C13H24N4O2S. The Kier molecular flexibility index (Phi) is 7.61. The van der Waals surface area contributed by atoms with E-state index in [0.29, 0.717) is 18.3 Å². The van der Waals surface area contributed by atoms with Gasteiger partial charge in [0, 0.05) is 26.3 Å². The average molecular weight is 300 g/mol. The highest BCUT2D eigenvalue weighted by Gasteiger charge is 2.12. The molecule has 0 aliphatic carbocycles. The van der Waals surface area contributed by atoms with Crippen molar-refractivity contribution in [3.63, 3.8) is 0 Å². The van der Waals surface area contributed by atoms with E-state index >= 15 is 0 Å². The maximum atomic E-state index is 11.8. The van der Waals surface area contributed by atoms with E-state index in [1.807, 2.05) is 11.5 Å². The first-order valence-electron chi connectivity index (χ1n) is 6.83. The molecule has 1 amide bonds. The molecule has 1 aromatic heterocycles. The third-order valence-electron chi connectivity index (χ3n) is 3.05. The molecule has 0 aliphatic rings. The highest BCUT2D eigenvalue weighted by molar-refractivity contribution is 7.99. The number of methoxy groups -OCH3 is 1. The standard InChI is InChI=1S/C13H24N4O2S/c1-10(2)11(3)15-12(18)8-20-13-16-14-9-17(13)6-5-7-19-4/h9-11H,5-8H2,1-4H3,(H,15,18). The van der Waals surface area contributed by atoms with Crippen LogP contribution in [0.3, 0.4) is 0 Å². The van der Waals surface area contributed by atoms with Crippen molar-refractivity contribution in [2.75, 3.05) is 19.5 Å². The fourth-order valence-electron chi connectivity index (χ4n) is 1.48. The zero-order valence-electron chi connectivity index (χ0n) is 12.6. The molecule has 0 bridgehead atoms. The molecule has 6 nitrogen and oxygen atoms in total. The lowest BCUT2D eigenvalue weighted by atomic mass is 10.1. The SMILES string of the molecule is COCCCn1cnnc1SCC(=O)NC(C)C(C)C. The van der Waals surface area contributed by atoms with E-state index in [0.717, 1.165) is 18.1 Å². The summed E-state index contributed by atoms with van der Waals surface area (Å²) in [5.41, 5.74) is 0. The third-order valence-corrected chi connectivity index (χ3v) is 4.03. The molecule has 1 aromatic rings. The molecule has 1 unspecified atom stereocenters. The molecule has 0 aliphatic heterocycles. The summed E-state index contributed by atoms with van der Waals surface area (Å²) in [4.78, 5) is 11.8. The Morgan fingerprint density at radius 3 is 2.90 bits per heavy atom. The minimum Gasteiger partial charge on any atom is -0.385 e. The van der Waals surface area contributed by atoms with E-state index in [2.05, 4.69) is 29.4 Å². The number of carbonyl (C=O) groups excluding carboxylic acids is 1. The summed E-state index contributed by atoms with van der Waals surface area (Å²) < 4.78 is 6.97. The molecule has 0 aromatic carbocycles. The Morgan fingerprint density at radius 2 is 2.25 bits per heavy atom. The van der Waals surface area contributed by atoms with Gasteiger partial charge in [-0.15, -0.1) is 10.2 Å². The van der Waals surface area contributed by atoms with Gasteiger partial charge in [-0.25, -0.2) is 0 Å². The molecule has 1 atom stereocenters. The van der Waals surface area contributed by atoms with E-state index in [4.69, 9.17) is 4.74 Å². The summed E-state index contributed by atoms with van der Waals surface area (Å²) in [6, 6.07) is 0.183. The van der Waals surface area contributed by atoms with Crippen molar-refractivity contribution in [1.29, 1.82) is 0 Å². The predicted octanol–water partition coefficient (Wildman–Crippen LogP) is 1.57. The summed E-state index contributed by atoms with van der Waals surface area (Å²) in [6.45, 7) is 7.69. The zero-order chi connectivity index (χ0) is 15.0. The number of aryl methyl sites for hydroxylation is 1. The highest BCUT2D eigenvalue weighted by Crippen LogP contribution is 2.15. The number of hydrogen-bond donors (Lipinski definition) is 1. The molecule has 7 heteroatoms. The first kappa shape index (κ1) is 17.0. The number of ether oxygens (including phenoxy) is 1. The van der Waals surface area contributed by atoms with Gasteiger partial charge in [-0.3, -0.25) is 4.79 Å². The molecule has 0 spiro atoms. The van der Waals surface area contributed by atoms with Gasteiger partial charge in [0.25, 0.3) is 0 Å². The van der Waals surface area contributed by atoms with Crippen LogP contribution >= 0.6 is 11.8 Å². The summed E-state index contributed by atoms with van der Waals surface area (Å²) in [6.07, 6.45) is 2.59. The molecule has 0 radical (unpaired) electrons. The predicted molar refractivity (Wildman–Crippen MR) is 79.7 cm³/mol. The van der Waals surface area contributed by atoms with Crippen LogP contribution in [0.4, 0.5) is 0 Å². The van der Waals surface area contributed by atoms with Gasteiger partial charge in [0.2, 0.25) is 5.91 Å². The monoisotopic (exact) mass is 300 g/mol. The zero-order valence-corrected chi connectivity index (χ0v) is 13.4. The van der Waals surface area contributed by atoms with Gasteiger partial charge in [0.05, 0.1) is 5.75 Å². The largest absolute Gasteiger partial charge is 0.385 e. The van der Waals surface area contributed by atoms with E-state index < -0.39 is 0 Å². The van der Waals surface area contributed by atoms with Gasteiger partial charge >= 0.3 is 0 Å². The molecule has 114 valence electrons. The smallest absolute Gasteiger partial charge is 0.230 e. The van der Waals surface area contributed by atoms with E-state index in [9.17, 15) is 4.79 Å². The van der Waals surface area contributed by atoms with Crippen LogP contribution in [0.5, 0.6) is 0 Å². The van der Waals surface area contributed by atoms with Gasteiger partial charge in [0.15, 0.2) is 5.16 Å². The molecule has 1 rings (SSSR count). The summed E-state index contributed by atoms with van der Waals surface area (Å²) in [5, 5.41) is 11.7. The lowest BCUT2D eigenvalue weighted by Crippen LogP contribution is -2.37.